The standard InChI is InChI=1S/C20H17ClN4OS/c1-12-8-15-19(23-10-13-5-6-17(26-2)16(21)9-13)24-18(25-20(15)27-12)14-4-3-7-22-11-14/h3-9,11H,10H2,1-2H3,(H,23,24,25). The molecule has 3 aromatic heterocycles. The summed E-state index contributed by atoms with van der Waals surface area (Å²) < 4.78 is 5.21. The molecule has 136 valence electrons. The third-order valence-electron chi connectivity index (χ3n) is 4.11. The summed E-state index contributed by atoms with van der Waals surface area (Å²) in [5, 5.41) is 5.04. The van der Waals surface area contributed by atoms with E-state index in [0.29, 0.717) is 23.1 Å². The number of hydrogen-bond donors (Lipinski definition) is 1. The Labute approximate surface area is 166 Å². The Hall–Kier alpha value is -2.70. The van der Waals surface area contributed by atoms with Gasteiger partial charge < -0.3 is 10.1 Å². The first-order valence-corrected chi connectivity index (χ1v) is 9.58. The molecule has 1 N–H and O–H groups in total. The average Bonchev–Trinajstić information content (AvgIpc) is 3.07. The van der Waals surface area contributed by atoms with Gasteiger partial charge in [-0.1, -0.05) is 17.7 Å². The summed E-state index contributed by atoms with van der Waals surface area (Å²) in [5.41, 5.74) is 1.93. The van der Waals surface area contributed by atoms with E-state index in [-0.39, 0.29) is 0 Å². The van der Waals surface area contributed by atoms with E-state index in [1.807, 2.05) is 30.3 Å². The molecular formula is C20H17ClN4OS. The molecule has 0 spiro atoms. The van der Waals surface area contributed by atoms with E-state index < -0.39 is 0 Å². The Morgan fingerprint density at radius 3 is 2.81 bits per heavy atom. The van der Waals surface area contributed by atoms with Crippen LogP contribution in [0.1, 0.15) is 10.4 Å². The maximum atomic E-state index is 6.23. The molecule has 0 unspecified atom stereocenters. The molecule has 5 nitrogen and oxygen atoms in total. The van der Waals surface area contributed by atoms with Gasteiger partial charge in [0.25, 0.3) is 0 Å². The van der Waals surface area contributed by atoms with Gasteiger partial charge in [-0.2, -0.15) is 0 Å². The van der Waals surface area contributed by atoms with Crippen LogP contribution in [-0.4, -0.2) is 22.1 Å². The summed E-state index contributed by atoms with van der Waals surface area (Å²) in [5.74, 6) is 2.13. The summed E-state index contributed by atoms with van der Waals surface area (Å²) in [6.45, 7) is 2.67. The molecule has 3 heterocycles. The Balaban J connectivity index is 1.69. The van der Waals surface area contributed by atoms with Crippen molar-refractivity contribution in [2.75, 3.05) is 12.4 Å². The first-order valence-electron chi connectivity index (χ1n) is 8.39. The van der Waals surface area contributed by atoms with Gasteiger partial charge in [-0.3, -0.25) is 4.98 Å². The van der Waals surface area contributed by atoms with E-state index in [2.05, 4.69) is 23.3 Å². The number of methoxy groups -OCH3 is 1. The summed E-state index contributed by atoms with van der Waals surface area (Å²) in [6.07, 6.45) is 3.51. The number of nitrogens with one attached hydrogen (secondary N) is 1. The number of fused-ring (bicyclic) bond motifs is 1. The largest absolute Gasteiger partial charge is 0.495 e. The lowest BCUT2D eigenvalue weighted by Gasteiger charge is -2.10. The predicted octanol–water partition coefficient (Wildman–Crippen LogP) is 5.34. The number of aryl methyl sites for hydroxylation is 1. The predicted molar refractivity (Wildman–Crippen MR) is 111 cm³/mol. The van der Waals surface area contributed by atoms with Crippen LogP contribution in [0.2, 0.25) is 5.02 Å². The summed E-state index contributed by atoms with van der Waals surface area (Å²) in [7, 11) is 1.61. The molecule has 0 aliphatic rings. The van der Waals surface area contributed by atoms with E-state index in [4.69, 9.17) is 26.3 Å². The third-order valence-corrected chi connectivity index (χ3v) is 5.35. The second-order valence-electron chi connectivity index (χ2n) is 6.04. The number of rotatable bonds is 5. The van der Waals surface area contributed by atoms with Crippen molar-refractivity contribution in [2.24, 2.45) is 0 Å². The van der Waals surface area contributed by atoms with Gasteiger partial charge in [0.2, 0.25) is 0 Å². The highest BCUT2D eigenvalue weighted by Gasteiger charge is 2.12. The number of hydrogen-bond acceptors (Lipinski definition) is 6. The number of thiophene rings is 1. The molecule has 0 saturated carbocycles. The first-order chi connectivity index (χ1) is 13.1. The monoisotopic (exact) mass is 396 g/mol. The second kappa shape index (κ2) is 7.50. The van der Waals surface area contributed by atoms with Crippen LogP contribution in [0.25, 0.3) is 21.6 Å². The molecule has 0 radical (unpaired) electrons. The molecule has 0 amide bonds. The van der Waals surface area contributed by atoms with Gasteiger partial charge in [0.15, 0.2) is 5.82 Å². The topological polar surface area (TPSA) is 59.9 Å². The van der Waals surface area contributed by atoms with Crippen molar-refractivity contribution in [3.8, 4) is 17.1 Å². The van der Waals surface area contributed by atoms with Crippen molar-refractivity contribution >= 4 is 39.0 Å². The van der Waals surface area contributed by atoms with Gasteiger partial charge in [0.1, 0.15) is 16.4 Å². The molecule has 0 aliphatic heterocycles. The Morgan fingerprint density at radius 2 is 2.07 bits per heavy atom. The fourth-order valence-corrected chi connectivity index (χ4v) is 3.97. The minimum absolute atomic E-state index is 0.590. The van der Waals surface area contributed by atoms with Crippen LogP contribution in [0.5, 0.6) is 5.75 Å². The molecule has 0 bridgehead atoms. The normalized spacial score (nSPS) is 10.9. The van der Waals surface area contributed by atoms with Gasteiger partial charge in [0.05, 0.1) is 17.5 Å². The van der Waals surface area contributed by atoms with Crippen LogP contribution < -0.4 is 10.1 Å². The molecule has 27 heavy (non-hydrogen) atoms. The second-order valence-corrected chi connectivity index (χ2v) is 7.68. The van der Waals surface area contributed by atoms with Crippen molar-refractivity contribution in [1.29, 1.82) is 0 Å². The summed E-state index contributed by atoms with van der Waals surface area (Å²) >= 11 is 7.89. The van der Waals surface area contributed by atoms with E-state index in [0.717, 1.165) is 27.2 Å². The van der Waals surface area contributed by atoms with Crippen molar-refractivity contribution < 1.29 is 4.74 Å². The van der Waals surface area contributed by atoms with E-state index in [1.54, 1.807) is 30.8 Å². The molecule has 0 aliphatic carbocycles. The van der Waals surface area contributed by atoms with Gasteiger partial charge in [-0.15, -0.1) is 11.3 Å². The molecule has 0 atom stereocenters. The fourth-order valence-electron chi connectivity index (χ4n) is 2.81. The van der Waals surface area contributed by atoms with Crippen molar-refractivity contribution in [3.05, 3.63) is 64.3 Å². The number of anilines is 1. The van der Waals surface area contributed by atoms with E-state index in [1.165, 1.54) is 4.88 Å². The maximum Gasteiger partial charge on any atom is 0.164 e. The summed E-state index contributed by atoms with van der Waals surface area (Å²) in [4.78, 5) is 15.8. The zero-order valence-corrected chi connectivity index (χ0v) is 16.4. The maximum absolute atomic E-state index is 6.23. The van der Waals surface area contributed by atoms with Crippen molar-refractivity contribution in [2.45, 2.75) is 13.5 Å². The number of halogens is 1. The molecule has 4 rings (SSSR count). The molecule has 1 aromatic carbocycles. The molecule has 7 heteroatoms. The van der Waals surface area contributed by atoms with Crippen LogP contribution in [0.15, 0.2) is 48.8 Å². The molecular weight excluding hydrogens is 380 g/mol. The van der Waals surface area contributed by atoms with E-state index >= 15 is 0 Å². The smallest absolute Gasteiger partial charge is 0.164 e. The number of ether oxygens (including phenoxy) is 1. The van der Waals surface area contributed by atoms with Crippen LogP contribution in [0, 0.1) is 6.92 Å². The quantitative estimate of drug-likeness (QED) is 0.493. The number of benzene rings is 1. The van der Waals surface area contributed by atoms with E-state index in [9.17, 15) is 0 Å². The minimum Gasteiger partial charge on any atom is -0.495 e. The molecule has 0 fully saturated rings. The van der Waals surface area contributed by atoms with Crippen LogP contribution in [-0.2, 0) is 6.54 Å². The lowest BCUT2D eigenvalue weighted by atomic mass is 10.2. The Kier molecular flexibility index (Phi) is 4.92. The highest BCUT2D eigenvalue weighted by atomic mass is 35.5. The van der Waals surface area contributed by atoms with Gasteiger partial charge in [-0.05, 0) is 42.8 Å². The van der Waals surface area contributed by atoms with Crippen LogP contribution >= 0.6 is 22.9 Å². The summed E-state index contributed by atoms with van der Waals surface area (Å²) in [6, 6.07) is 11.7. The van der Waals surface area contributed by atoms with Gasteiger partial charge >= 0.3 is 0 Å². The SMILES string of the molecule is COc1ccc(CNc2nc(-c3cccnc3)nc3sc(C)cc23)cc1Cl. The van der Waals surface area contributed by atoms with Crippen LogP contribution in [0.3, 0.4) is 0 Å². The zero-order chi connectivity index (χ0) is 18.8. The zero-order valence-electron chi connectivity index (χ0n) is 14.9. The highest BCUT2D eigenvalue weighted by Crippen LogP contribution is 2.31. The number of pyridine rings is 1. The van der Waals surface area contributed by atoms with Gasteiger partial charge in [-0.25, -0.2) is 9.97 Å². The lowest BCUT2D eigenvalue weighted by molar-refractivity contribution is 0.415. The minimum atomic E-state index is 0.590. The van der Waals surface area contributed by atoms with Crippen molar-refractivity contribution in [3.63, 3.8) is 0 Å². The lowest BCUT2D eigenvalue weighted by Crippen LogP contribution is -2.04. The van der Waals surface area contributed by atoms with Gasteiger partial charge in [0, 0.05) is 29.4 Å². The van der Waals surface area contributed by atoms with Crippen molar-refractivity contribution in [1.82, 2.24) is 15.0 Å². The molecule has 0 saturated heterocycles. The highest BCUT2D eigenvalue weighted by molar-refractivity contribution is 7.18. The fraction of sp³-hybridized carbons (Fsp3) is 0.150. The first kappa shape index (κ1) is 17.7. The Bertz CT molecular complexity index is 1100. The average molecular weight is 397 g/mol. The Morgan fingerprint density at radius 1 is 1.19 bits per heavy atom. The molecule has 4 aromatic rings. The third kappa shape index (κ3) is 3.72. The number of nitrogens with zero attached hydrogens (tertiary/aromatic N) is 3. The number of aromatic nitrogens is 3. The van der Waals surface area contributed by atoms with Crippen LogP contribution in [0.4, 0.5) is 5.82 Å².